The fourth-order valence-corrected chi connectivity index (χ4v) is 2.72. The number of rotatable bonds is 5. The summed E-state index contributed by atoms with van der Waals surface area (Å²) in [6.07, 6.45) is -2.55. The number of anilines is 1. The van der Waals surface area contributed by atoms with Gasteiger partial charge in [0.1, 0.15) is 0 Å². The SMILES string of the molecule is CCCc1c(OC(=O)Nc2cccc(C(F)(F)F)c2)cnn1-c1ccccc1. The van der Waals surface area contributed by atoms with Gasteiger partial charge in [0.2, 0.25) is 0 Å². The third kappa shape index (κ3) is 4.51. The Morgan fingerprint density at radius 1 is 1.14 bits per heavy atom. The topological polar surface area (TPSA) is 56.1 Å². The standard InChI is InChI=1S/C20H18F3N3O2/c1-2-7-17-18(13-24-26(17)16-10-4-3-5-11-16)28-19(27)25-15-9-6-8-14(12-15)20(21,22)23/h3-6,8-13H,2,7H2,1H3,(H,25,27). The molecule has 0 spiro atoms. The molecule has 0 saturated carbocycles. The summed E-state index contributed by atoms with van der Waals surface area (Å²) in [5, 5.41) is 6.60. The molecular formula is C20H18F3N3O2. The van der Waals surface area contributed by atoms with Gasteiger partial charge in [0, 0.05) is 5.69 Å². The van der Waals surface area contributed by atoms with Gasteiger partial charge in [-0.2, -0.15) is 18.3 Å². The van der Waals surface area contributed by atoms with Crippen molar-refractivity contribution in [3.63, 3.8) is 0 Å². The van der Waals surface area contributed by atoms with Crippen LogP contribution in [0.2, 0.25) is 0 Å². The molecule has 0 aliphatic carbocycles. The number of halogens is 3. The number of benzene rings is 2. The van der Waals surface area contributed by atoms with Crippen LogP contribution in [0.3, 0.4) is 0 Å². The Bertz CT molecular complexity index is 953. The Labute approximate surface area is 159 Å². The van der Waals surface area contributed by atoms with Crippen LogP contribution in [0.4, 0.5) is 23.7 Å². The van der Waals surface area contributed by atoms with Gasteiger partial charge in [-0.25, -0.2) is 9.48 Å². The summed E-state index contributed by atoms with van der Waals surface area (Å²) in [5.41, 5.74) is 0.660. The van der Waals surface area contributed by atoms with Crippen LogP contribution in [-0.2, 0) is 12.6 Å². The van der Waals surface area contributed by atoms with Crippen molar-refractivity contribution in [1.29, 1.82) is 0 Å². The molecule has 8 heteroatoms. The van der Waals surface area contributed by atoms with E-state index in [1.54, 1.807) is 4.68 Å². The zero-order valence-corrected chi connectivity index (χ0v) is 15.0. The summed E-state index contributed by atoms with van der Waals surface area (Å²) in [6.45, 7) is 1.98. The number of ether oxygens (including phenoxy) is 1. The van der Waals surface area contributed by atoms with Crippen molar-refractivity contribution in [2.45, 2.75) is 25.9 Å². The molecule has 3 rings (SSSR count). The lowest BCUT2D eigenvalue weighted by molar-refractivity contribution is -0.137. The van der Waals surface area contributed by atoms with Crippen LogP contribution >= 0.6 is 0 Å². The maximum atomic E-state index is 12.8. The lowest BCUT2D eigenvalue weighted by Gasteiger charge is -2.11. The predicted octanol–water partition coefficient (Wildman–Crippen LogP) is 5.45. The second-order valence-electron chi connectivity index (χ2n) is 6.05. The molecule has 0 aliphatic heterocycles. The number of nitrogens with zero attached hydrogens (tertiary/aromatic N) is 2. The van der Waals surface area contributed by atoms with E-state index in [2.05, 4.69) is 10.4 Å². The molecule has 1 N–H and O–H groups in total. The largest absolute Gasteiger partial charge is 0.417 e. The average Bonchev–Trinajstić information content (AvgIpc) is 3.04. The van der Waals surface area contributed by atoms with E-state index in [0.717, 1.165) is 24.2 Å². The fraction of sp³-hybridized carbons (Fsp3) is 0.200. The van der Waals surface area contributed by atoms with E-state index in [-0.39, 0.29) is 11.4 Å². The van der Waals surface area contributed by atoms with E-state index < -0.39 is 17.8 Å². The highest BCUT2D eigenvalue weighted by molar-refractivity contribution is 5.86. The first-order chi connectivity index (χ1) is 13.4. The monoisotopic (exact) mass is 389 g/mol. The summed E-state index contributed by atoms with van der Waals surface area (Å²) in [5.74, 6) is 0.259. The number of amides is 1. The molecule has 0 unspecified atom stereocenters. The maximum absolute atomic E-state index is 12.8. The number of nitrogens with one attached hydrogen (secondary N) is 1. The van der Waals surface area contributed by atoms with Crippen LogP contribution in [-0.4, -0.2) is 15.9 Å². The van der Waals surface area contributed by atoms with Crippen molar-refractivity contribution in [2.75, 3.05) is 5.32 Å². The third-order valence-electron chi connectivity index (χ3n) is 3.96. The minimum atomic E-state index is -4.49. The Morgan fingerprint density at radius 2 is 1.89 bits per heavy atom. The van der Waals surface area contributed by atoms with Gasteiger partial charge in [-0.15, -0.1) is 0 Å². The van der Waals surface area contributed by atoms with Gasteiger partial charge < -0.3 is 4.74 Å². The minimum Gasteiger partial charge on any atom is -0.406 e. The van der Waals surface area contributed by atoms with Crippen LogP contribution in [0, 0.1) is 0 Å². The average molecular weight is 389 g/mol. The van der Waals surface area contributed by atoms with E-state index in [4.69, 9.17) is 4.74 Å². The normalized spacial score (nSPS) is 11.3. The predicted molar refractivity (Wildman–Crippen MR) is 98.6 cm³/mol. The van der Waals surface area contributed by atoms with E-state index in [0.29, 0.717) is 12.1 Å². The van der Waals surface area contributed by atoms with Crippen LogP contribution in [0.5, 0.6) is 5.75 Å². The first-order valence-electron chi connectivity index (χ1n) is 8.67. The summed E-state index contributed by atoms with van der Waals surface area (Å²) >= 11 is 0. The summed E-state index contributed by atoms with van der Waals surface area (Å²) in [7, 11) is 0. The van der Waals surface area contributed by atoms with Crippen molar-refractivity contribution in [3.05, 3.63) is 72.1 Å². The molecule has 1 amide bonds. The number of hydrogen-bond acceptors (Lipinski definition) is 3. The molecule has 3 aromatic rings. The summed E-state index contributed by atoms with van der Waals surface area (Å²) in [6, 6.07) is 13.7. The van der Waals surface area contributed by atoms with Gasteiger partial charge in [-0.1, -0.05) is 37.6 Å². The van der Waals surface area contributed by atoms with Crippen molar-refractivity contribution in [3.8, 4) is 11.4 Å². The highest BCUT2D eigenvalue weighted by atomic mass is 19.4. The van der Waals surface area contributed by atoms with Crippen LogP contribution in [0.15, 0.2) is 60.8 Å². The van der Waals surface area contributed by atoms with E-state index in [1.165, 1.54) is 18.3 Å². The number of alkyl halides is 3. The molecule has 1 aromatic heterocycles. The molecule has 5 nitrogen and oxygen atoms in total. The second kappa shape index (κ2) is 8.16. The van der Waals surface area contributed by atoms with Crippen molar-refractivity contribution < 1.29 is 22.7 Å². The Kier molecular flexibility index (Phi) is 5.67. The number of para-hydroxylation sites is 1. The Hall–Kier alpha value is -3.29. The third-order valence-corrected chi connectivity index (χ3v) is 3.96. The van der Waals surface area contributed by atoms with Crippen LogP contribution in [0.1, 0.15) is 24.6 Å². The van der Waals surface area contributed by atoms with Gasteiger partial charge in [-0.3, -0.25) is 5.32 Å². The first kappa shape index (κ1) is 19.5. The first-order valence-corrected chi connectivity index (χ1v) is 8.67. The quantitative estimate of drug-likeness (QED) is 0.631. The molecule has 0 aliphatic rings. The van der Waals surface area contributed by atoms with Crippen LogP contribution in [0.25, 0.3) is 5.69 Å². The van der Waals surface area contributed by atoms with Crippen molar-refractivity contribution >= 4 is 11.8 Å². The molecule has 0 bridgehead atoms. The number of hydrogen-bond donors (Lipinski definition) is 1. The number of carbonyl (C=O) groups is 1. The lowest BCUT2D eigenvalue weighted by Crippen LogP contribution is -2.18. The van der Waals surface area contributed by atoms with E-state index in [9.17, 15) is 18.0 Å². The molecule has 2 aromatic carbocycles. The van der Waals surface area contributed by atoms with Gasteiger partial charge in [0.15, 0.2) is 5.75 Å². The summed E-state index contributed by atoms with van der Waals surface area (Å²) in [4.78, 5) is 12.2. The smallest absolute Gasteiger partial charge is 0.406 e. The molecule has 0 radical (unpaired) electrons. The van der Waals surface area contributed by atoms with Gasteiger partial charge in [0.25, 0.3) is 0 Å². The highest BCUT2D eigenvalue weighted by Crippen LogP contribution is 2.31. The number of carbonyl (C=O) groups excluding carboxylic acids is 1. The highest BCUT2D eigenvalue weighted by Gasteiger charge is 2.30. The second-order valence-corrected chi connectivity index (χ2v) is 6.05. The van der Waals surface area contributed by atoms with E-state index in [1.807, 2.05) is 37.3 Å². The van der Waals surface area contributed by atoms with Crippen LogP contribution < -0.4 is 10.1 Å². The molecule has 1 heterocycles. The zero-order chi connectivity index (χ0) is 20.1. The molecule has 0 fully saturated rings. The van der Waals surface area contributed by atoms with Gasteiger partial charge >= 0.3 is 12.3 Å². The van der Waals surface area contributed by atoms with Crippen molar-refractivity contribution in [1.82, 2.24) is 9.78 Å². The molecule has 146 valence electrons. The Balaban J connectivity index is 1.78. The Morgan fingerprint density at radius 3 is 2.57 bits per heavy atom. The maximum Gasteiger partial charge on any atom is 0.417 e. The molecule has 28 heavy (non-hydrogen) atoms. The number of aromatic nitrogens is 2. The van der Waals surface area contributed by atoms with Gasteiger partial charge in [0.05, 0.1) is 23.1 Å². The lowest BCUT2D eigenvalue weighted by atomic mass is 10.2. The molecule has 0 atom stereocenters. The van der Waals surface area contributed by atoms with E-state index >= 15 is 0 Å². The fourth-order valence-electron chi connectivity index (χ4n) is 2.72. The zero-order valence-electron chi connectivity index (χ0n) is 15.0. The summed E-state index contributed by atoms with van der Waals surface area (Å²) < 4.78 is 45.4. The molecular weight excluding hydrogens is 371 g/mol. The van der Waals surface area contributed by atoms with Gasteiger partial charge in [-0.05, 0) is 36.8 Å². The molecule has 0 saturated heterocycles. The van der Waals surface area contributed by atoms with Crippen molar-refractivity contribution in [2.24, 2.45) is 0 Å². The minimum absolute atomic E-state index is 0.00711.